The van der Waals surface area contributed by atoms with Gasteiger partial charge in [-0.2, -0.15) is 18.6 Å². The Morgan fingerprint density at radius 2 is 2.14 bits per heavy atom. The predicted octanol–water partition coefficient (Wildman–Crippen LogP) is 1.10. The van der Waals surface area contributed by atoms with Crippen molar-refractivity contribution in [1.82, 2.24) is 25.3 Å². The van der Waals surface area contributed by atoms with Crippen molar-refractivity contribution in [1.29, 1.82) is 0 Å². The van der Waals surface area contributed by atoms with Crippen LogP contribution in [0.25, 0.3) is 0 Å². The first-order valence-electron chi connectivity index (χ1n) is 6.74. The lowest BCUT2D eigenvalue weighted by atomic mass is 10.3. The van der Waals surface area contributed by atoms with Gasteiger partial charge in [0, 0.05) is 24.3 Å². The van der Waals surface area contributed by atoms with Crippen LogP contribution in [0.2, 0.25) is 0 Å². The summed E-state index contributed by atoms with van der Waals surface area (Å²) in [6, 6.07) is 0.166. The largest absolute Gasteiger partial charge is 0.313 e. The Hall–Kier alpha value is -1.87. The summed E-state index contributed by atoms with van der Waals surface area (Å²) >= 11 is 0. The van der Waals surface area contributed by atoms with Crippen molar-refractivity contribution in [2.75, 3.05) is 11.3 Å². The summed E-state index contributed by atoms with van der Waals surface area (Å²) in [5, 5.41) is 13.6. The second-order valence-electron chi connectivity index (χ2n) is 4.91. The van der Waals surface area contributed by atoms with Crippen molar-refractivity contribution < 1.29 is 8.42 Å². The zero-order chi connectivity index (χ0) is 15.5. The van der Waals surface area contributed by atoms with E-state index in [9.17, 15) is 8.42 Å². The Bertz CT molecular complexity index is 688. The Balaban J connectivity index is 2.19. The van der Waals surface area contributed by atoms with E-state index in [4.69, 9.17) is 0 Å². The van der Waals surface area contributed by atoms with Crippen LogP contribution in [0.3, 0.4) is 0 Å². The van der Waals surface area contributed by atoms with Gasteiger partial charge >= 0.3 is 0 Å². The SMILES string of the molecule is CCNCc1cn[nH]c1S(=O)(=O)Nc1cnn(C(C)C)c1. The van der Waals surface area contributed by atoms with Gasteiger partial charge in [0.1, 0.15) is 0 Å². The highest BCUT2D eigenvalue weighted by molar-refractivity contribution is 7.92. The summed E-state index contributed by atoms with van der Waals surface area (Å²) in [5.41, 5.74) is 1.02. The average molecular weight is 312 g/mol. The highest BCUT2D eigenvalue weighted by atomic mass is 32.2. The number of rotatable bonds is 7. The number of sulfonamides is 1. The van der Waals surface area contributed by atoms with E-state index in [0.717, 1.165) is 6.54 Å². The van der Waals surface area contributed by atoms with Gasteiger partial charge in [-0.3, -0.25) is 14.5 Å². The van der Waals surface area contributed by atoms with Crippen molar-refractivity contribution >= 4 is 15.7 Å². The third-order valence-electron chi connectivity index (χ3n) is 2.90. The fraction of sp³-hybridized carbons (Fsp3) is 0.500. The van der Waals surface area contributed by atoms with Gasteiger partial charge in [-0.1, -0.05) is 6.92 Å². The quantitative estimate of drug-likeness (QED) is 0.710. The number of hydrogen-bond donors (Lipinski definition) is 3. The van der Waals surface area contributed by atoms with Crippen molar-refractivity contribution in [2.24, 2.45) is 0 Å². The van der Waals surface area contributed by atoms with E-state index in [0.29, 0.717) is 17.8 Å². The lowest BCUT2D eigenvalue weighted by molar-refractivity contribution is 0.532. The maximum Gasteiger partial charge on any atom is 0.279 e. The molecule has 0 aliphatic carbocycles. The molecule has 0 bridgehead atoms. The molecule has 0 fully saturated rings. The zero-order valence-electron chi connectivity index (χ0n) is 12.3. The average Bonchev–Trinajstić information content (AvgIpc) is 3.04. The predicted molar refractivity (Wildman–Crippen MR) is 79.4 cm³/mol. The molecular weight excluding hydrogens is 292 g/mol. The topological polar surface area (TPSA) is 105 Å². The minimum atomic E-state index is -3.70. The van der Waals surface area contributed by atoms with Crippen LogP contribution in [-0.2, 0) is 16.6 Å². The number of nitrogens with zero attached hydrogens (tertiary/aromatic N) is 3. The van der Waals surface area contributed by atoms with E-state index in [1.54, 1.807) is 10.9 Å². The number of anilines is 1. The summed E-state index contributed by atoms with van der Waals surface area (Å²) in [6.45, 7) is 7.07. The molecule has 0 amide bonds. The van der Waals surface area contributed by atoms with Crippen molar-refractivity contribution in [3.8, 4) is 0 Å². The smallest absolute Gasteiger partial charge is 0.279 e. The first-order valence-corrected chi connectivity index (χ1v) is 8.22. The van der Waals surface area contributed by atoms with Gasteiger partial charge < -0.3 is 5.32 Å². The lowest BCUT2D eigenvalue weighted by Crippen LogP contribution is -2.18. The zero-order valence-corrected chi connectivity index (χ0v) is 13.1. The highest BCUT2D eigenvalue weighted by Gasteiger charge is 2.21. The first kappa shape index (κ1) is 15.5. The van der Waals surface area contributed by atoms with Gasteiger partial charge in [-0.15, -0.1) is 0 Å². The van der Waals surface area contributed by atoms with Gasteiger partial charge in [0.2, 0.25) is 0 Å². The van der Waals surface area contributed by atoms with Crippen LogP contribution < -0.4 is 10.0 Å². The van der Waals surface area contributed by atoms with Crippen molar-refractivity contribution in [2.45, 2.75) is 38.4 Å². The molecule has 2 aromatic heterocycles. The fourth-order valence-corrected chi connectivity index (χ4v) is 2.96. The van der Waals surface area contributed by atoms with Gasteiger partial charge in [0.25, 0.3) is 10.0 Å². The van der Waals surface area contributed by atoms with E-state index in [-0.39, 0.29) is 11.1 Å². The maximum atomic E-state index is 12.4. The third kappa shape index (κ3) is 3.61. The van der Waals surface area contributed by atoms with E-state index < -0.39 is 10.0 Å². The van der Waals surface area contributed by atoms with Crippen LogP contribution in [-0.4, -0.2) is 34.9 Å². The summed E-state index contributed by atoms with van der Waals surface area (Å²) in [4.78, 5) is 0. The Morgan fingerprint density at radius 3 is 2.76 bits per heavy atom. The molecule has 0 aliphatic heterocycles. The maximum absolute atomic E-state index is 12.4. The van der Waals surface area contributed by atoms with Gasteiger partial charge in [0.15, 0.2) is 5.03 Å². The summed E-state index contributed by atoms with van der Waals surface area (Å²) in [7, 11) is -3.70. The van der Waals surface area contributed by atoms with Crippen LogP contribution in [0.1, 0.15) is 32.4 Å². The molecule has 21 heavy (non-hydrogen) atoms. The van der Waals surface area contributed by atoms with E-state index in [2.05, 4.69) is 25.3 Å². The number of hydrogen-bond acceptors (Lipinski definition) is 5. The summed E-state index contributed by atoms with van der Waals surface area (Å²) < 4.78 is 28.9. The summed E-state index contributed by atoms with van der Waals surface area (Å²) in [6.07, 6.45) is 4.65. The van der Waals surface area contributed by atoms with E-state index in [1.807, 2.05) is 20.8 Å². The third-order valence-corrected chi connectivity index (χ3v) is 4.29. The molecule has 3 N–H and O–H groups in total. The molecule has 0 radical (unpaired) electrons. The molecule has 0 aliphatic rings. The fourth-order valence-electron chi connectivity index (χ4n) is 1.80. The minimum absolute atomic E-state index is 0.0701. The van der Waals surface area contributed by atoms with Crippen LogP contribution in [0.4, 0.5) is 5.69 Å². The van der Waals surface area contributed by atoms with Crippen LogP contribution >= 0.6 is 0 Å². The number of aromatic nitrogens is 4. The molecule has 0 saturated heterocycles. The Kier molecular flexibility index (Phi) is 4.63. The lowest BCUT2D eigenvalue weighted by Gasteiger charge is -2.07. The molecule has 0 unspecified atom stereocenters. The number of aromatic amines is 1. The molecule has 2 rings (SSSR count). The Morgan fingerprint density at radius 1 is 1.38 bits per heavy atom. The second kappa shape index (κ2) is 6.27. The van der Waals surface area contributed by atoms with E-state index >= 15 is 0 Å². The standard InChI is InChI=1S/C12H20N6O2S/c1-4-13-5-10-6-14-16-12(10)21(19,20)17-11-7-15-18(8-11)9(2)3/h6-9,13,17H,4-5H2,1-3H3,(H,14,16). The number of nitrogens with one attached hydrogen (secondary N) is 3. The van der Waals surface area contributed by atoms with Gasteiger partial charge in [-0.05, 0) is 20.4 Å². The first-order chi connectivity index (χ1) is 9.94. The highest BCUT2D eigenvalue weighted by Crippen LogP contribution is 2.18. The Labute approximate surface area is 124 Å². The molecule has 0 spiro atoms. The molecule has 0 saturated carbocycles. The molecule has 2 heterocycles. The molecule has 8 nitrogen and oxygen atoms in total. The van der Waals surface area contributed by atoms with Crippen LogP contribution in [0, 0.1) is 0 Å². The van der Waals surface area contributed by atoms with Crippen molar-refractivity contribution in [3.05, 3.63) is 24.2 Å². The van der Waals surface area contributed by atoms with Crippen LogP contribution in [0.5, 0.6) is 0 Å². The molecule has 0 atom stereocenters. The molecule has 0 aromatic carbocycles. The van der Waals surface area contributed by atoms with Gasteiger partial charge in [0.05, 0.1) is 18.1 Å². The normalized spacial score (nSPS) is 12.0. The molecule has 9 heteroatoms. The summed E-state index contributed by atoms with van der Waals surface area (Å²) in [5.74, 6) is 0. The monoisotopic (exact) mass is 312 g/mol. The van der Waals surface area contributed by atoms with E-state index in [1.165, 1.54) is 12.4 Å². The van der Waals surface area contributed by atoms with Crippen LogP contribution in [0.15, 0.2) is 23.6 Å². The van der Waals surface area contributed by atoms with Gasteiger partial charge in [-0.25, -0.2) is 0 Å². The second-order valence-corrected chi connectivity index (χ2v) is 6.53. The molecule has 116 valence electrons. The molecule has 2 aromatic rings. The minimum Gasteiger partial charge on any atom is -0.313 e. The molecular formula is C12H20N6O2S. The number of H-pyrrole nitrogens is 1. The van der Waals surface area contributed by atoms with Crippen molar-refractivity contribution in [3.63, 3.8) is 0 Å².